The fourth-order valence-electron chi connectivity index (χ4n) is 6.08. The summed E-state index contributed by atoms with van der Waals surface area (Å²) in [5.41, 5.74) is 4.24. The molecule has 0 N–H and O–H groups in total. The highest BCUT2D eigenvalue weighted by molar-refractivity contribution is 5.78. The summed E-state index contributed by atoms with van der Waals surface area (Å²) < 4.78 is 24.9. The van der Waals surface area contributed by atoms with Crippen LogP contribution in [0.5, 0.6) is 0 Å². The third kappa shape index (κ3) is 5.54. The van der Waals surface area contributed by atoms with E-state index in [9.17, 15) is 0 Å². The van der Waals surface area contributed by atoms with Crippen molar-refractivity contribution in [2.45, 2.75) is 19.8 Å². The first kappa shape index (κ1) is 30.0. The molecule has 250 valence electrons. The smallest absolute Gasteiger partial charge is 0.309 e. The number of benzene rings is 4. The van der Waals surface area contributed by atoms with Crippen LogP contribution in [-0.4, -0.2) is 19.9 Å². The van der Waals surface area contributed by atoms with Crippen LogP contribution >= 0.6 is 0 Å². The average molecular weight is 675 g/mol. The molecule has 0 atom stereocenters. The molecule has 0 aliphatic carbocycles. The summed E-state index contributed by atoms with van der Waals surface area (Å²) >= 11 is 0. The Kier molecular flexibility index (Phi) is 7.50. The number of nitrogens with zero attached hydrogens (tertiary/aromatic N) is 8. The van der Waals surface area contributed by atoms with Crippen LogP contribution in [0, 0.1) is 0 Å². The third-order valence-corrected chi connectivity index (χ3v) is 8.35. The molecule has 8 aromatic rings. The lowest BCUT2D eigenvalue weighted by Gasteiger charge is -2.21. The van der Waals surface area contributed by atoms with E-state index in [1.165, 1.54) is 5.56 Å². The Morgan fingerprint density at radius 1 is 0.412 bits per heavy atom. The lowest BCUT2D eigenvalue weighted by atomic mass is 10.1. The van der Waals surface area contributed by atoms with Crippen molar-refractivity contribution in [3.05, 3.63) is 146 Å². The number of para-hydroxylation sites is 3. The van der Waals surface area contributed by atoms with Crippen LogP contribution in [-0.2, 0) is 6.42 Å². The van der Waals surface area contributed by atoms with Gasteiger partial charge in [-0.3, -0.25) is 0 Å². The van der Waals surface area contributed by atoms with Gasteiger partial charge in [-0.2, -0.15) is 19.9 Å². The molecule has 4 aromatic heterocycles. The molecule has 0 saturated heterocycles. The van der Waals surface area contributed by atoms with Gasteiger partial charge in [-0.15, -0.1) is 0 Å². The molecule has 0 amide bonds. The molecule has 0 saturated carbocycles. The molecule has 4 aromatic carbocycles. The van der Waals surface area contributed by atoms with Gasteiger partial charge >= 0.3 is 24.1 Å². The minimum absolute atomic E-state index is 0.250. The van der Waals surface area contributed by atoms with Crippen molar-refractivity contribution in [3.8, 4) is 0 Å². The largest absolute Gasteiger partial charge is 0.429 e. The molecular weight excluding hydrogens is 644 g/mol. The maximum atomic E-state index is 6.27. The summed E-state index contributed by atoms with van der Waals surface area (Å²) in [6, 6.07) is 38.3. The van der Waals surface area contributed by atoms with Gasteiger partial charge < -0.3 is 17.7 Å². The molecule has 0 fully saturated rings. The van der Waals surface area contributed by atoms with Gasteiger partial charge in [0.05, 0.1) is 22.7 Å². The topological polar surface area (TPSA) is 117 Å². The zero-order chi connectivity index (χ0) is 34.1. The van der Waals surface area contributed by atoms with Crippen LogP contribution in [0.2, 0.25) is 0 Å². The minimum atomic E-state index is 0.250. The van der Waals surface area contributed by atoms with Gasteiger partial charge in [-0.25, -0.2) is 19.6 Å². The monoisotopic (exact) mass is 674 g/mol. The number of aromatic nitrogens is 4. The maximum Gasteiger partial charge on any atom is 0.309 e. The van der Waals surface area contributed by atoms with E-state index in [4.69, 9.17) is 37.6 Å². The zero-order valence-corrected chi connectivity index (χ0v) is 27.4. The van der Waals surface area contributed by atoms with Crippen molar-refractivity contribution in [1.82, 2.24) is 19.9 Å². The van der Waals surface area contributed by atoms with Crippen molar-refractivity contribution in [2.75, 3.05) is 19.6 Å². The van der Waals surface area contributed by atoms with Crippen molar-refractivity contribution in [3.63, 3.8) is 0 Å². The predicted molar refractivity (Wildman–Crippen MR) is 193 cm³/mol. The van der Waals surface area contributed by atoms with Crippen LogP contribution in [0.4, 0.5) is 70.1 Å². The Labute approximate surface area is 292 Å². The fourth-order valence-corrected chi connectivity index (χ4v) is 6.08. The number of hydrogen-bond donors (Lipinski definition) is 0. The van der Waals surface area contributed by atoms with Gasteiger partial charge in [-0.1, -0.05) is 80.1 Å². The highest BCUT2D eigenvalue weighted by Gasteiger charge is 2.31. The zero-order valence-electron chi connectivity index (χ0n) is 27.4. The second-order valence-electron chi connectivity index (χ2n) is 11.7. The van der Waals surface area contributed by atoms with Crippen molar-refractivity contribution in [1.29, 1.82) is 0 Å². The molecular formula is C39H30N8O4. The molecule has 9 rings (SSSR count). The van der Waals surface area contributed by atoms with Crippen LogP contribution in [0.25, 0.3) is 0 Å². The quantitative estimate of drug-likeness (QED) is 0.167. The average Bonchev–Trinajstić information content (AvgIpc) is 4.01. The Morgan fingerprint density at radius 2 is 0.745 bits per heavy atom. The van der Waals surface area contributed by atoms with E-state index in [-0.39, 0.29) is 24.1 Å². The molecule has 5 heterocycles. The molecule has 0 radical (unpaired) electrons. The fraction of sp³-hybridized carbons (Fsp3) is 0.0769. The lowest BCUT2D eigenvalue weighted by molar-refractivity contribution is 0.553. The van der Waals surface area contributed by atoms with E-state index in [1.807, 2.05) is 108 Å². The van der Waals surface area contributed by atoms with Crippen molar-refractivity contribution in [2.24, 2.45) is 0 Å². The highest BCUT2D eigenvalue weighted by atomic mass is 16.4. The second-order valence-corrected chi connectivity index (χ2v) is 11.7. The summed E-state index contributed by atoms with van der Waals surface area (Å²) in [6.45, 7) is 2.16. The molecule has 0 unspecified atom stereocenters. The Morgan fingerprint density at radius 3 is 1.10 bits per heavy atom. The van der Waals surface area contributed by atoms with Gasteiger partial charge in [0, 0.05) is 0 Å². The Balaban J connectivity index is 1.29. The van der Waals surface area contributed by atoms with Crippen molar-refractivity contribution < 1.29 is 17.7 Å². The van der Waals surface area contributed by atoms with Gasteiger partial charge in [0.25, 0.3) is 0 Å². The van der Waals surface area contributed by atoms with E-state index in [2.05, 4.69) is 19.1 Å². The van der Waals surface area contributed by atoms with Crippen LogP contribution in [0.3, 0.4) is 0 Å². The summed E-state index contributed by atoms with van der Waals surface area (Å²) in [5.74, 6) is 1.74. The first-order valence-corrected chi connectivity index (χ1v) is 16.5. The van der Waals surface area contributed by atoms with Crippen LogP contribution in [0.1, 0.15) is 18.9 Å². The molecule has 12 heteroatoms. The number of oxazole rings is 4. The number of anilines is 12. The van der Waals surface area contributed by atoms with Gasteiger partial charge in [0.2, 0.25) is 0 Å². The second kappa shape index (κ2) is 12.7. The molecule has 0 spiro atoms. The Bertz CT molecular complexity index is 2260. The highest BCUT2D eigenvalue weighted by Crippen LogP contribution is 2.44. The van der Waals surface area contributed by atoms with Crippen LogP contribution < -0.4 is 19.6 Å². The first-order chi connectivity index (χ1) is 25.2. The van der Waals surface area contributed by atoms with Crippen LogP contribution in [0.15, 0.2) is 158 Å². The summed E-state index contributed by atoms with van der Waals surface area (Å²) in [4.78, 5) is 27.1. The lowest BCUT2D eigenvalue weighted by Crippen LogP contribution is -2.16. The third-order valence-electron chi connectivity index (χ3n) is 8.35. The molecule has 8 bridgehead atoms. The number of hydrogen-bond acceptors (Lipinski definition) is 12. The molecule has 1 aliphatic rings. The summed E-state index contributed by atoms with van der Waals surface area (Å²) in [6.07, 6.45) is 8.17. The van der Waals surface area contributed by atoms with E-state index in [1.54, 1.807) is 39.8 Å². The van der Waals surface area contributed by atoms with Gasteiger partial charge in [0.1, 0.15) is 25.1 Å². The summed E-state index contributed by atoms with van der Waals surface area (Å²) in [5, 5.41) is 0. The molecule has 1 aliphatic heterocycles. The normalized spacial score (nSPS) is 12.8. The minimum Gasteiger partial charge on any atom is -0.429 e. The van der Waals surface area contributed by atoms with Gasteiger partial charge in [-0.05, 0) is 60.5 Å². The molecule has 51 heavy (non-hydrogen) atoms. The van der Waals surface area contributed by atoms with E-state index in [0.29, 0.717) is 23.3 Å². The van der Waals surface area contributed by atoms with E-state index in [0.717, 1.165) is 35.6 Å². The SMILES string of the molecule is CCCc1cccc(N2c3coc(n3)N(c3ccccc3)c3coc(n3)N(c3ccccc3)c3coc(n3)N(c3ccccc3)c3coc2n3)c1. The van der Waals surface area contributed by atoms with E-state index >= 15 is 0 Å². The number of rotatable bonds is 6. The standard InChI is InChI=1S/C39H30N8O4/c1-2-13-27-14-12-21-31(22-27)47-35-26-50-38(43-35)45(29-17-8-4-9-18-29)33-24-48-36(41-33)44(28-15-6-3-7-16-28)32-23-49-37(40-32)46(30-19-10-5-11-20-30)34-25-51-39(47)42-34/h3-12,14-26H,2,13H2,1H3. The maximum absolute atomic E-state index is 6.27. The number of fused-ring (bicyclic) bond motifs is 8. The molecule has 12 nitrogen and oxygen atoms in total. The van der Waals surface area contributed by atoms with Gasteiger partial charge in [0.15, 0.2) is 23.3 Å². The predicted octanol–water partition coefficient (Wildman–Crippen LogP) is 10.8. The van der Waals surface area contributed by atoms with E-state index < -0.39 is 0 Å². The Hall–Kier alpha value is -7.08. The summed E-state index contributed by atoms with van der Waals surface area (Å²) in [7, 11) is 0. The van der Waals surface area contributed by atoms with Crippen molar-refractivity contribution >= 4 is 70.1 Å². The first-order valence-electron chi connectivity index (χ1n) is 16.5. The number of aryl methyl sites for hydroxylation is 1.